The van der Waals surface area contributed by atoms with E-state index in [1.807, 2.05) is 12.4 Å². The topological polar surface area (TPSA) is 83.3 Å². The predicted molar refractivity (Wildman–Crippen MR) is 138 cm³/mol. The number of hydrogen-bond donors (Lipinski definition) is 1. The maximum atomic E-state index is 13.8. The minimum Gasteiger partial charge on any atom is -0.314 e. The number of aromatic nitrogens is 4. The quantitative estimate of drug-likeness (QED) is 0.356. The molecule has 6 rings (SSSR count). The molecule has 7 nitrogen and oxygen atoms in total. The number of rotatable bonds is 5. The third-order valence-corrected chi connectivity index (χ3v) is 8.58. The normalized spacial score (nSPS) is 21.4. The summed E-state index contributed by atoms with van der Waals surface area (Å²) in [7, 11) is 0. The van der Waals surface area contributed by atoms with Crippen molar-refractivity contribution >= 4 is 29.7 Å². The van der Waals surface area contributed by atoms with Crippen molar-refractivity contribution in [2.24, 2.45) is 10.9 Å². The highest BCUT2D eigenvalue weighted by Crippen LogP contribution is 2.41. The van der Waals surface area contributed by atoms with E-state index in [1.165, 1.54) is 36.7 Å². The second-order valence-electron chi connectivity index (χ2n) is 9.69. The fraction of sp³-hybridized carbons (Fsp3) is 0.333. The van der Waals surface area contributed by atoms with Crippen LogP contribution in [0.5, 0.6) is 0 Å². The molecule has 3 aromatic heterocycles. The van der Waals surface area contributed by atoms with Crippen LogP contribution < -0.4 is 5.32 Å². The zero-order valence-electron chi connectivity index (χ0n) is 20.0. The van der Waals surface area contributed by atoms with E-state index in [4.69, 9.17) is 5.10 Å². The Labute approximate surface area is 213 Å². The van der Waals surface area contributed by atoms with Gasteiger partial charge in [-0.1, -0.05) is 11.8 Å². The largest absolute Gasteiger partial charge is 0.314 e. The van der Waals surface area contributed by atoms with Gasteiger partial charge in [0.1, 0.15) is 11.9 Å². The molecule has 4 aromatic rings. The van der Waals surface area contributed by atoms with Crippen molar-refractivity contribution in [1.29, 1.82) is 5.26 Å². The maximum Gasteiger partial charge on any atom is 0.125 e. The van der Waals surface area contributed by atoms with Gasteiger partial charge in [0, 0.05) is 44.9 Å². The van der Waals surface area contributed by atoms with Crippen LogP contribution in [0.2, 0.25) is 0 Å². The standard InChI is InChI=1S/C27H26FN7S/c1-16-23(14-33-35(16)22-5-3-17-7-21(10-22)31-12-17)18-8-26(27-19(11-29)13-32-34(27)15-18)36-25-6-4-20(28)9-24(25)30-2/h4,6,8-9,13-15,17,21-22,31H,2-3,5,7,10,12H2,1H3/t17?,21-,22+/m1/s1. The second-order valence-corrected chi connectivity index (χ2v) is 10.8. The predicted octanol–water partition coefficient (Wildman–Crippen LogP) is 5.70. The third-order valence-electron chi connectivity index (χ3n) is 7.49. The summed E-state index contributed by atoms with van der Waals surface area (Å²) in [5.74, 6) is 0.417. The lowest BCUT2D eigenvalue weighted by molar-refractivity contribution is 0.346. The van der Waals surface area contributed by atoms with Crippen LogP contribution in [0.25, 0.3) is 16.6 Å². The number of aliphatic imine (C=N–C) groups is 1. The van der Waals surface area contributed by atoms with Crippen LogP contribution in [0.15, 0.2) is 57.6 Å². The van der Waals surface area contributed by atoms with Crippen LogP contribution >= 0.6 is 11.8 Å². The maximum absolute atomic E-state index is 13.8. The van der Waals surface area contributed by atoms with Crippen molar-refractivity contribution in [2.45, 2.75) is 54.5 Å². The molecule has 0 amide bonds. The molecule has 182 valence electrons. The van der Waals surface area contributed by atoms with Crippen molar-refractivity contribution in [3.8, 4) is 17.2 Å². The van der Waals surface area contributed by atoms with E-state index >= 15 is 0 Å². The molecular formula is C27H26FN7S. The number of fused-ring (bicyclic) bond motifs is 3. The van der Waals surface area contributed by atoms with Gasteiger partial charge in [-0.15, -0.1) is 0 Å². The number of pyridine rings is 1. The first kappa shape index (κ1) is 23.0. The minimum absolute atomic E-state index is 0.368. The van der Waals surface area contributed by atoms with Gasteiger partial charge in [0.2, 0.25) is 0 Å². The van der Waals surface area contributed by atoms with E-state index in [9.17, 15) is 9.65 Å². The van der Waals surface area contributed by atoms with Gasteiger partial charge in [0.25, 0.3) is 0 Å². The molecule has 2 aliphatic rings. The molecule has 1 saturated carbocycles. The molecule has 1 saturated heterocycles. The van der Waals surface area contributed by atoms with Crippen LogP contribution in [-0.4, -0.2) is 38.7 Å². The van der Waals surface area contributed by atoms with Crippen molar-refractivity contribution in [1.82, 2.24) is 24.7 Å². The zero-order chi connectivity index (χ0) is 24.8. The summed E-state index contributed by atoms with van der Waals surface area (Å²) in [6.07, 6.45) is 10.2. The Bertz CT molecular complexity index is 1510. The van der Waals surface area contributed by atoms with Gasteiger partial charge in [-0.05, 0) is 70.0 Å². The van der Waals surface area contributed by atoms with Gasteiger partial charge in [0.05, 0.1) is 35.2 Å². The molecule has 3 atom stereocenters. The lowest BCUT2D eigenvalue weighted by Crippen LogP contribution is -2.27. The Kier molecular flexibility index (Phi) is 5.86. The van der Waals surface area contributed by atoms with Crippen LogP contribution in [0.1, 0.15) is 43.0 Å². The molecule has 1 aliphatic heterocycles. The molecule has 9 heteroatoms. The highest BCUT2D eigenvalue weighted by atomic mass is 32.2. The Morgan fingerprint density at radius 1 is 1.19 bits per heavy atom. The molecule has 0 radical (unpaired) electrons. The van der Waals surface area contributed by atoms with Gasteiger partial charge in [-0.3, -0.25) is 9.67 Å². The van der Waals surface area contributed by atoms with Gasteiger partial charge in [-0.25, -0.2) is 8.91 Å². The lowest BCUT2D eigenvalue weighted by atomic mass is 10.0. The highest BCUT2D eigenvalue weighted by Gasteiger charge is 2.32. The molecule has 1 N–H and O–H groups in total. The van der Waals surface area contributed by atoms with E-state index in [0.717, 1.165) is 51.9 Å². The Morgan fingerprint density at radius 2 is 2.08 bits per heavy atom. The summed E-state index contributed by atoms with van der Waals surface area (Å²) in [4.78, 5) is 5.58. The van der Waals surface area contributed by atoms with Crippen molar-refractivity contribution in [3.63, 3.8) is 0 Å². The number of hydrogen-bond acceptors (Lipinski definition) is 6. The first-order chi connectivity index (χ1) is 17.5. The van der Waals surface area contributed by atoms with Crippen LogP contribution in [0.3, 0.4) is 0 Å². The second kappa shape index (κ2) is 9.19. The summed E-state index contributed by atoms with van der Waals surface area (Å²) >= 11 is 1.42. The summed E-state index contributed by atoms with van der Waals surface area (Å²) < 4.78 is 17.7. The lowest BCUT2D eigenvalue weighted by Gasteiger charge is -2.22. The fourth-order valence-electron chi connectivity index (χ4n) is 5.68. The van der Waals surface area contributed by atoms with Crippen LogP contribution in [0.4, 0.5) is 10.1 Å². The average molecular weight is 500 g/mol. The van der Waals surface area contributed by atoms with E-state index in [-0.39, 0.29) is 5.82 Å². The fourth-order valence-corrected chi connectivity index (χ4v) is 6.77. The van der Waals surface area contributed by atoms with E-state index in [1.54, 1.807) is 16.8 Å². The molecule has 4 heterocycles. The van der Waals surface area contributed by atoms with E-state index in [0.29, 0.717) is 28.9 Å². The minimum atomic E-state index is -0.368. The van der Waals surface area contributed by atoms with E-state index in [2.05, 4.69) is 45.9 Å². The van der Waals surface area contributed by atoms with Crippen molar-refractivity contribution < 1.29 is 4.39 Å². The van der Waals surface area contributed by atoms with Gasteiger partial charge < -0.3 is 5.32 Å². The molecule has 2 fully saturated rings. The van der Waals surface area contributed by atoms with Crippen LogP contribution in [0, 0.1) is 30.0 Å². The number of nitrogens with zero attached hydrogens (tertiary/aromatic N) is 6. The summed E-state index contributed by atoms with van der Waals surface area (Å²) in [6.45, 7) is 6.86. The molecule has 1 aromatic carbocycles. The Morgan fingerprint density at radius 3 is 2.92 bits per heavy atom. The molecule has 1 aliphatic carbocycles. The molecule has 2 bridgehead atoms. The van der Waals surface area contributed by atoms with Crippen LogP contribution in [-0.2, 0) is 0 Å². The monoisotopic (exact) mass is 499 g/mol. The van der Waals surface area contributed by atoms with Crippen molar-refractivity contribution in [2.75, 3.05) is 6.54 Å². The Hall–Kier alpha value is -3.48. The summed E-state index contributed by atoms with van der Waals surface area (Å²) in [5, 5.41) is 22.6. The first-order valence-electron chi connectivity index (χ1n) is 12.2. The number of halogens is 1. The van der Waals surface area contributed by atoms with E-state index < -0.39 is 0 Å². The highest BCUT2D eigenvalue weighted by molar-refractivity contribution is 7.99. The molecule has 1 unspecified atom stereocenters. The van der Waals surface area contributed by atoms with Gasteiger partial charge in [-0.2, -0.15) is 15.5 Å². The molecule has 0 spiro atoms. The first-order valence-corrected chi connectivity index (χ1v) is 13.0. The van der Waals surface area contributed by atoms with Crippen molar-refractivity contribution in [3.05, 3.63) is 59.9 Å². The summed E-state index contributed by atoms with van der Waals surface area (Å²) in [6, 6.07) is 9.71. The molecule has 36 heavy (non-hydrogen) atoms. The number of nitriles is 1. The SMILES string of the molecule is C=Nc1cc(F)ccc1Sc1cc(-c2cnn([C@H]3CCC4CN[C@H](C4)C3)c2C)cn2ncc(C#N)c12. The molecular weight excluding hydrogens is 473 g/mol. The smallest absolute Gasteiger partial charge is 0.125 e. The Balaban J connectivity index is 1.41. The number of benzene rings is 1. The number of nitrogens with one attached hydrogen (secondary N) is 1. The van der Waals surface area contributed by atoms with Gasteiger partial charge in [0.15, 0.2) is 0 Å². The van der Waals surface area contributed by atoms with Gasteiger partial charge >= 0.3 is 0 Å². The summed E-state index contributed by atoms with van der Waals surface area (Å²) in [5.41, 5.74) is 4.77. The average Bonchev–Trinajstić information content (AvgIpc) is 3.56. The zero-order valence-corrected chi connectivity index (χ0v) is 20.8. The third kappa shape index (κ3) is 4.00.